The number of rotatable bonds is 7. The second-order valence-corrected chi connectivity index (χ2v) is 6.02. The normalized spacial score (nSPS) is 11.9. The fourth-order valence-electron chi connectivity index (χ4n) is 2.43. The summed E-state index contributed by atoms with van der Waals surface area (Å²) >= 11 is 0. The van der Waals surface area contributed by atoms with Crippen molar-refractivity contribution in [2.75, 3.05) is 6.54 Å². The van der Waals surface area contributed by atoms with Crippen LogP contribution in [0.15, 0.2) is 30.3 Å². The maximum Gasteiger partial charge on any atom is 0.471 e. The van der Waals surface area contributed by atoms with Crippen molar-refractivity contribution in [2.45, 2.75) is 51.3 Å². The molecular formula is C20H24F3NO2. The Hall–Kier alpha value is -2.26. The van der Waals surface area contributed by atoms with Gasteiger partial charge in [0.2, 0.25) is 0 Å². The van der Waals surface area contributed by atoms with Gasteiger partial charge in [0.15, 0.2) is 0 Å². The molecule has 142 valence electrons. The smallest absolute Gasteiger partial charge is 0.378 e. The zero-order valence-electron chi connectivity index (χ0n) is 15.0. The first-order valence-electron chi connectivity index (χ1n) is 8.57. The molecule has 0 saturated carbocycles. The molecule has 0 aliphatic heterocycles. The number of hydrogen-bond donors (Lipinski definition) is 2. The molecule has 3 nitrogen and oxygen atoms in total. The number of halogens is 3. The summed E-state index contributed by atoms with van der Waals surface area (Å²) in [4.78, 5) is 10.7. The number of aliphatic hydroxyl groups is 1. The first-order valence-corrected chi connectivity index (χ1v) is 8.57. The molecule has 0 fully saturated rings. The summed E-state index contributed by atoms with van der Waals surface area (Å²) in [7, 11) is 0. The van der Waals surface area contributed by atoms with Gasteiger partial charge < -0.3 is 10.4 Å². The minimum absolute atomic E-state index is 0.221. The van der Waals surface area contributed by atoms with Crippen LogP contribution in [0, 0.1) is 11.8 Å². The van der Waals surface area contributed by atoms with Gasteiger partial charge in [-0.15, -0.1) is 0 Å². The van der Waals surface area contributed by atoms with Crippen molar-refractivity contribution in [3.63, 3.8) is 0 Å². The molecular weight excluding hydrogens is 343 g/mol. The number of carbonyl (C=O) groups excluding carboxylic acids is 1. The van der Waals surface area contributed by atoms with E-state index in [-0.39, 0.29) is 6.54 Å². The first kappa shape index (κ1) is 21.8. The molecule has 0 bridgehead atoms. The molecule has 0 spiro atoms. The van der Waals surface area contributed by atoms with E-state index in [1.165, 1.54) is 6.08 Å². The van der Waals surface area contributed by atoms with Crippen molar-refractivity contribution in [2.24, 2.45) is 0 Å². The maximum atomic E-state index is 12.1. The highest BCUT2D eigenvalue weighted by Crippen LogP contribution is 2.19. The van der Waals surface area contributed by atoms with E-state index in [4.69, 9.17) is 0 Å². The summed E-state index contributed by atoms with van der Waals surface area (Å²) in [5.41, 5.74) is 0.446. The average molecular weight is 367 g/mol. The van der Waals surface area contributed by atoms with Gasteiger partial charge in [0, 0.05) is 12.1 Å². The number of nitrogens with one attached hydrogen (secondary N) is 1. The molecule has 26 heavy (non-hydrogen) atoms. The lowest BCUT2D eigenvalue weighted by Gasteiger charge is -2.20. The molecule has 1 aromatic carbocycles. The summed E-state index contributed by atoms with van der Waals surface area (Å²) in [6.45, 7) is 3.76. The van der Waals surface area contributed by atoms with Gasteiger partial charge in [0.05, 0.1) is 0 Å². The van der Waals surface area contributed by atoms with E-state index in [0.717, 1.165) is 18.4 Å². The summed E-state index contributed by atoms with van der Waals surface area (Å²) in [5.74, 6) is 3.95. The first-order chi connectivity index (χ1) is 12.2. The quantitative estimate of drug-likeness (QED) is 0.714. The average Bonchev–Trinajstić information content (AvgIpc) is 2.57. The van der Waals surface area contributed by atoms with Crippen LogP contribution in [0.1, 0.15) is 50.7 Å². The molecule has 2 N–H and O–H groups in total. The molecule has 0 aliphatic rings. The Morgan fingerprint density at radius 3 is 2.46 bits per heavy atom. The van der Waals surface area contributed by atoms with Gasteiger partial charge in [-0.1, -0.05) is 62.8 Å². The number of amides is 1. The number of alkyl halides is 3. The highest BCUT2D eigenvalue weighted by atomic mass is 19.4. The lowest BCUT2D eigenvalue weighted by atomic mass is 9.93. The van der Waals surface area contributed by atoms with Gasteiger partial charge in [-0.2, -0.15) is 13.2 Å². The lowest BCUT2D eigenvalue weighted by molar-refractivity contribution is -0.173. The van der Waals surface area contributed by atoms with Crippen LogP contribution in [0.25, 0.3) is 6.08 Å². The van der Waals surface area contributed by atoms with Crippen LogP contribution in [0.4, 0.5) is 13.2 Å². The van der Waals surface area contributed by atoms with Crippen molar-refractivity contribution in [3.05, 3.63) is 41.5 Å². The van der Waals surface area contributed by atoms with E-state index < -0.39 is 17.7 Å². The molecule has 0 saturated heterocycles. The predicted molar refractivity (Wildman–Crippen MR) is 96.2 cm³/mol. The molecule has 1 aromatic rings. The number of carbonyl (C=O) groups is 1. The molecule has 1 amide bonds. The standard InChI is InChI=1S/C20H24F3NO2/c1-3-11-19(26,12-4-2)13-10-17-8-5-7-16(15-17)9-6-14-24-18(25)20(21,22)23/h5-9,15,26H,3-4,11-12,14H2,1-2H3,(H,24,25)/b9-6+. The molecule has 0 radical (unpaired) electrons. The van der Waals surface area contributed by atoms with Crippen LogP contribution in [-0.4, -0.2) is 29.3 Å². The molecule has 0 aliphatic carbocycles. The summed E-state index contributed by atoms with van der Waals surface area (Å²) in [6, 6.07) is 7.12. The third kappa shape index (κ3) is 7.75. The Labute approximate surface area is 152 Å². The zero-order chi connectivity index (χ0) is 19.6. The van der Waals surface area contributed by atoms with Gasteiger partial charge in [-0.3, -0.25) is 4.79 Å². The van der Waals surface area contributed by atoms with Crippen molar-refractivity contribution >= 4 is 12.0 Å². The third-order valence-corrected chi connectivity index (χ3v) is 3.60. The van der Waals surface area contributed by atoms with Crippen molar-refractivity contribution < 1.29 is 23.1 Å². The van der Waals surface area contributed by atoms with E-state index in [1.807, 2.05) is 13.8 Å². The fraction of sp³-hybridized carbons (Fsp3) is 0.450. The van der Waals surface area contributed by atoms with Gasteiger partial charge >= 0.3 is 12.1 Å². The lowest BCUT2D eigenvalue weighted by Crippen LogP contribution is -2.36. The van der Waals surface area contributed by atoms with Crippen molar-refractivity contribution in [3.8, 4) is 11.8 Å². The SMILES string of the molecule is CCCC(O)(C#Cc1cccc(/C=C/CNC(=O)C(F)(F)F)c1)CCC. The Balaban J connectivity index is 2.75. The topological polar surface area (TPSA) is 49.3 Å². The summed E-state index contributed by atoms with van der Waals surface area (Å²) in [6.07, 6.45) is 1.03. The fourth-order valence-corrected chi connectivity index (χ4v) is 2.43. The highest BCUT2D eigenvalue weighted by Gasteiger charge is 2.37. The van der Waals surface area contributed by atoms with Crippen LogP contribution in [0.2, 0.25) is 0 Å². The molecule has 0 atom stereocenters. The second-order valence-electron chi connectivity index (χ2n) is 6.02. The Kier molecular flexibility index (Phi) is 8.40. The highest BCUT2D eigenvalue weighted by molar-refractivity contribution is 5.81. The minimum atomic E-state index is -4.88. The van der Waals surface area contributed by atoms with Crippen LogP contribution < -0.4 is 5.32 Å². The zero-order valence-corrected chi connectivity index (χ0v) is 15.0. The molecule has 6 heteroatoms. The van der Waals surface area contributed by atoms with Crippen LogP contribution in [0.3, 0.4) is 0 Å². The molecule has 1 rings (SSSR count). The Bertz CT molecular complexity index is 678. The van der Waals surface area contributed by atoms with Crippen molar-refractivity contribution in [1.29, 1.82) is 0 Å². The maximum absolute atomic E-state index is 12.1. The molecule has 0 heterocycles. The molecule has 0 unspecified atom stereocenters. The monoisotopic (exact) mass is 367 g/mol. The van der Waals surface area contributed by atoms with Gasteiger partial charge in [0.25, 0.3) is 0 Å². The van der Waals surface area contributed by atoms with E-state index in [1.54, 1.807) is 35.7 Å². The minimum Gasteiger partial charge on any atom is -0.378 e. The summed E-state index contributed by atoms with van der Waals surface area (Å²) in [5, 5.41) is 12.3. The van der Waals surface area contributed by atoms with Crippen molar-refractivity contribution in [1.82, 2.24) is 5.32 Å². The van der Waals surface area contributed by atoms with E-state index in [0.29, 0.717) is 18.4 Å². The second kappa shape index (κ2) is 10.0. The third-order valence-electron chi connectivity index (χ3n) is 3.60. The summed E-state index contributed by atoms with van der Waals surface area (Å²) < 4.78 is 36.2. The predicted octanol–water partition coefficient (Wildman–Crippen LogP) is 4.06. The Morgan fingerprint density at radius 2 is 1.88 bits per heavy atom. The van der Waals surface area contributed by atoms with Gasteiger partial charge in [0.1, 0.15) is 5.60 Å². The number of benzene rings is 1. The van der Waals surface area contributed by atoms with E-state index in [9.17, 15) is 23.1 Å². The van der Waals surface area contributed by atoms with Gasteiger partial charge in [-0.05, 0) is 30.5 Å². The Morgan fingerprint density at radius 1 is 1.23 bits per heavy atom. The van der Waals surface area contributed by atoms with Crippen LogP contribution >= 0.6 is 0 Å². The molecule has 0 aromatic heterocycles. The van der Waals surface area contributed by atoms with Crippen LogP contribution in [-0.2, 0) is 4.79 Å². The van der Waals surface area contributed by atoms with E-state index in [2.05, 4.69) is 11.8 Å². The van der Waals surface area contributed by atoms with Gasteiger partial charge in [-0.25, -0.2) is 0 Å². The number of hydrogen-bond acceptors (Lipinski definition) is 2. The van der Waals surface area contributed by atoms with E-state index >= 15 is 0 Å². The largest absolute Gasteiger partial charge is 0.471 e. The van der Waals surface area contributed by atoms with Crippen LogP contribution in [0.5, 0.6) is 0 Å².